The van der Waals surface area contributed by atoms with E-state index in [4.69, 9.17) is 5.73 Å². The second-order valence-corrected chi connectivity index (χ2v) is 5.32. The minimum Gasteiger partial charge on any atom is -0.399 e. The average Bonchev–Trinajstić information content (AvgIpc) is 2.93. The fourth-order valence-corrected chi connectivity index (χ4v) is 2.33. The lowest BCUT2D eigenvalue weighted by Crippen LogP contribution is -2.04. The standard InChI is InChI=1S/C11H12BrN5/c12-9-3-8(4-10(13)5-9)11-14-15-16-17(11)6-7-1-2-7/h3-5,7H,1-2,6,13H2. The Bertz CT molecular complexity index is 526. The molecule has 2 N–H and O–H groups in total. The summed E-state index contributed by atoms with van der Waals surface area (Å²) in [4.78, 5) is 0. The van der Waals surface area contributed by atoms with E-state index in [1.54, 1.807) is 0 Å². The lowest BCUT2D eigenvalue weighted by Gasteiger charge is -2.05. The summed E-state index contributed by atoms with van der Waals surface area (Å²) in [5.41, 5.74) is 7.47. The van der Waals surface area contributed by atoms with Gasteiger partial charge in [0.1, 0.15) is 0 Å². The maximum absolute atomic E-state index is 5.82. The van der Waals surface area contributed by atoms with Crippen molar-refractivity contribution in [1.82, 2.24) is 20.2 Å². The molecular weight excluding hydrogens is 282 g/mol. The van der Waals surface area contributed by atoms with Gasteiger partial charge in [0.2, 0.25) is 0 Å². The van der Waals surface area contributed by atoms with Crippen LogP contribution in [0.15, 0.2) is 22.7 Å². The summed E-state index contributed by atoms with van der Waals surface area (Å²) in [6, 6.07) is 5.73. The summed E-state index contributed by atoms with van der Waals surface area (Å²) in [6.07, 6.45) is 2.56. The Morgan fingerprint density at radius 3 is 2.88 bits per heavy atom. The highest BCUT2D eigenvalue weighted by molar-refractivity contribution is 9.10. The number of tetrazole rings is 1. The van der Waals surface area contributed by atoms with E-state index in [0.29, 0.717) is 5.69 Å². The van der Waals surface area contributed by atoms with E-state index >= 15 is 0 Å². The van der Waals surface area contributed by atoms with Crippen LogP contribution in [0.25, 0.3) is 11.4 Å². The molecule has 1 aromatic heterocycles. The van der Waals surface area contributed by atoms with Gasteiger partial charge >= 0.3 is 0 Å². The number of anilines is 1. The molecule has 1 aromatic carbocycles. The molecular formula is C11H12BrN5. The Hall–Kier alpha value is -1.43. The van der Waals surface area contributed by atoms with Crippen molar-refractivity contribution in [2.45, 2.75) is 19.4 Å². The van der Waals surface area contributed by atoms with Gasteiger partial charge < -0.3 is 5.73 Å². The Labute approximate surface area is 107 Å². The molecule has 1 aliphatic rings. The number of hydrogen-bond donors (Lipinski definition) is 1. The zero-order valence-corrected chi connectivity index (χ0v) is 10.8. The average molecular weight is 294 g/mol. The van der Waals surface area contributed by atoms with Gasteiger partial charge in [0.25, 0.3) is 0 Å². The van der Waals surface area contributed by atoms with Gasteiger partial charge in [-0.25, -0.2) is 4.68 Å². The van der Waals surface area contributed by atoms with Gasteiger partial charge in [-0.2, -0.15) is 0 Å². The fraction of sp³-hybridized carbons (Fsp3) is 0.364. The van der Waals surface area contributed by atoms with Crippen LogP contribution in [0.5, 0.6) is 0 Å². The molecule has 5 nitrogen and oxygen atoms in total. The van der Waals surface area contributed by atoms with Gasteiger partial charge in [0, 0.05) is 22.3 Å². The summed E-state index contributed by atoms with van der Waals surface area (Å²) in [5, 5.41) is 11.9. The van der Waals surface area contributed by atoms with Crippen LogP contribution in [0, 0.1) is 5.92 Å². The Kier molecular flexibility index (Phi) is 2.58. The zero-order valence-electron chi connectivity index (χ0n) is 9.17. The molecule has 17 heavy (non-hydrogen) atoms. The molecule has 1 saturated carbocycles. The molecule has 0 saturated heterocycles. The first-order chi connectivity index (χ1) is 8.22. The smallest absolute Gasteiger partial charge is 0.182 e. The van der Waals surface area contributed by atoms with E-state index in [9.17, 15) is 0 Å². The molecule has 0 radical (unpaired) electrons. The highest BCUT2D eigenvalue weighted by atomic mass is 79.9. The summed E-state index contributed by atoms with van der Waals surface area (Å²) < 4.78 is 2.80. The molecule has 0 aliphatic heterocycles. The Morgan fingerprint density at radius 2 is 2.18 bits per heavy atom. The van der Waals surface area contributed by atoms with Gasteiger partial charge in [-0.1, -0.05) is 15.9 Å². The fourth-order valence-electron chi connectivity index (χ4n) is 1.82. The normalized spacial score (nSPS) is 15.1. The highest BCUT2D eigenvalue weighted by Gasteiger charge is 2.24. The van der Waals surface area contributed by atoms with E-state index in [1.807, 2.05) is 22.9 Å². The van der Waals surface area contributed by atoms with Gasteiger partial charge in [-0.3, -0.25) is 0 Å². The van der Waals surface area contributed by atoms with E-state index in [0.717, 1.165) is 28.3 Å². The van der Waals surface area contributed by atoms with E-state index < -0.39 is 0 Å². The highest BCUT2D eigenvalue weighted by Crippen LogP contribution is 2.32. The largest absolute Gasteiger partial charge is 0.399 e. The third-order valence-corrected chi connectivity index (χ3v) is 3.30. The number of rotatable bonds is 3. The third-order valence-electron chi connectivity index (χ3n) is 2.84. The summed E-state index contributed by atoms with van der Waals surface area (Å²) >= 11 is 3.43. The van der Waals surface area contributed by atoms with Crippen LogP contribution >= 0.6 is 15.9 Å². The number of nitrogens with zero attached hydrogens (tertiary/aromatic N) is 4. The lowest BCUT2D eigenvalue weighted by molar-refractivity contribution is 0.548. The van der Waals surface area contributed by atoms with Crippen molar-refractivity contribution in [3.8, 4) is 11.4 Å². The Balaban J connectivity index is 1.98. The molecule has 2 aromatic rings. The van der Waals surface area contributed by atoms with Crippen LogP contribution in [0.2, 0.25) is 0 Å². The van der Waals surface area contributed by atoms with E-state index in [1.165, 1.54) is 12.8 Å². The molecule has 88 valence electrons. The number of benzene rings is 1. The summed E-state index contributed by atoms with van der Waals surface area (Å²) in [5.74, 6) is 1.52. The third kappa shape index (κ3) is 2.31. The molecule has 0 spiro atoms. The quantitative estimate of drug-likeness (QED) is 0.880. The maximum atomic E-state index is 5.82. The minimum atomic E-state index is 0.704. The van der Waals surface area contributed by atoms with Crippen molar-refractivity contribution in [2.24, 2.45) is 5.92 Å². The first-order valence-corrected chi connectivity index (χ1v) is 6.34. The second kappa shape index (κ2) is 4.10. The van der Waals surface area contributed by atoms with Gasteiger partial charge in [0.05, 0.1) is 0 Å². The molecule has 0 amide bonds. The van der Waals surface area contributed by atoms with E-state index in [-0.39, 0.29) is 0 Å². The van der Waals surface area contributed by atoms with Crippen molar-refractivity contribution in [1.29, 1.82) is 0 Å². The number of aromatic nitrogens is 4. The molecule has 0 unspecified atom stereocenters. The molecule has 1 fully saturated rings. The van der Waals surface area contributed by atoms with Crippen molar-refractivity contribution in [2.75, 3.05) is 5.73 Å². The maximum Gasteiger partial charge on any atom is 0.182 e. The minimum absolute atomic E-state index is 0.704. The molecule has 6 heteroatoms. The van der Waals surface area contributed by atoms with Crippen molar-refractivity contribution >= 4 is 21.6 Å². The molecule has 1 heterocycles. The van der Waals surface area contributed by atoms with Gasteiger partial charge in [-0.15, -0.1) is 5.10 Å². The molecule has 0 bridgehead atoms. The van der Waals surface area contributed by atoms with Crippen LogP contribution < -0.4 is 5.73 Å². The first kappa shape index (κ1) is 10.7. The Morgan fingerprint density at radius 1 is 1.35 bits per heavy atom. The van der Waals surface area contributed by atoms with Crippen molar-refractivity contribution < 1.29 is 0 Å². The van der Waals surface area contributed by atoms with Crippen LogP contribution in [0.3, 0.4) is 0 Å². The zero-order chi connectivity index (χ0) is 11.8. The molecule has 1 aliphatic carbocycles. The number of halogens is 1. The van der Waals surface area contributed by atoms with Crippen LogP contribution in [-0.2, 0) is 6.54 Å². The van der Waals surface area contributed by atoms with Gasteiger partial charge in [0.15, 0.2) is 5.82 Å². The number of nitrogens with two attached hydrogens (primary N) is 1. The summed E-state index contributed by atoms with van der Waals surface area (Å²) in [7, 11) is 0. The second-order valence-electron chi connectivity index (χ2n) is 4.40. The van der Waals surface area contributed by atoms with Crippen LogP contribution in [-0.4, -0.2) is 20.2 Å². The van der Waals surface area contributed by atoms with Crippen LogP contribution in [0.1, 0.15) is 12.8 Å². The number of nitrogen functional groups attached to an aromatic ring is 1. The molecule has 3 rings (SSSR count). The van der Waals surface area contributed by atoms with E-state index in [2.05, 4.69) is 31.5 Å². The lowest BCUT2D eigenvalue weighted by atomic mass is 10.2. The number of hydrogen-bond acceptors (Lipinski definition) is 4. The van der Waals surface area contributed by atoms with Crippen molar-refractivity contribution in [3.63, 3.8) is 0 Å². The molecule has 0 atom stereocenters. The monoisotopic (exact) mass is 293 g/mol. The van der Waals surface area contributed by atoms with Crippen molar-refractivity contribution in [3.05, 3.63) is 22.7 Å². The summed E-state index contributed by atoms with van der Waals surface area (Å²) in [6.45, 7) is 0.898. The predicted octanol–water partition coefficient (Wildman–Crippen LogP) is 2.09. The topological polar surface area (TPSA) is 69.6 Å². The first-order valence-electron chi connectivity index (χ1n) is 5.55. The predicted molar refractivity (Wildman–Crippen MR) is 68.1 cm³/mol. The SMILES string of the molecule is Nc1cc(Br)cc(-c2nnnn2CC2CC2)c1. The van der Waals surface area contributed by atoms with Gasteiger partial charge in [-0.05, 0) is 47.4 Å². The van der Waals surface area contributed by atoms with Crippen LogP contribution in [0.4, 0.5) is 5.69 Å².